The fourth-order valence-electron chi connectivity index (χ4n) is 2.72. The lowest BCUT2D eigenvalue weighted by Gasteiger charge is -2.29. The molecule has 1 aromatic rings. The molecule has 3 nitrogen and oxygen atoms in total. The van der Waals surface area contributed by atoms with Crippen molar-refractivity contribution in [2.45, 2.75) is 71.8 Å². The van der Waals surface area contributed by atoms with Gasteiger partial charge in [0.2, 0.25) is 0 Å². The van der Waals surface area contributed by atoms with Gasteiger partial charge in [0.1, 0.15) is 16.8 Å². The molecular formula is C16H26ClN3. The van der Waals surface area contributed by atoms with Gasteiger partial charge in [0.15, 0.2) is 0 Å². The highest BCUT2D eigenvalue weighted by Gasteiger charge is 2.23. The van der Waals surface area contributed by atoms with Gasteiger partial charge in [-0.05, 0) is 25.7 Å². The second-order valence-corrected chi connectivity index (χ2v) is 7.53. The second-order valence-electron chi connectivity index (χ2n) is 7.17. The Morgan fingerprint density at radius 1 is 1.20 bits per heavy atom. The summed E-state index contributed by atoms with van der Waals surface area (Å²) in [6, 6.07) is 0.510. The standard InChI is InChI=1S/C16H26ClN3/c1-10-7-6-8-12(9-10)18-14-11(2)13(17)19-15(20-14)16(3,4)5/h10,12H,6-9H2,1-5H3,(H,18,19,20). The number of hydrogen-bond donors (Lipinski definition) is 1. The number of halogens is 1. The van der Waals surface area contributed by atoms with E-state index in [9.17, 15) is 0 Å². The van der Waals surface area contributed by atoms with Crippen molar-refractivity contribution in [3.63, 3.8) is 0 Å². The Morgan fingerprint density at radius 2 is 1.90 bits per heavy atom. The van der Waals surface area contributed by atoms with Crippen LogP contribution in [0.5, 0.6) is 0 Å². The predicted molar refractivity (Wildman–Crippen MR) is 85.5 cm³/mol. The molecule has 4 heteroatoms. The van der Waals surface area contributed by atoms with Crippen LogP contribution in [0.25, 0.3) is 0 Å². The smallest absolute Gasteiger partial charge is 0.137 e. The van der Waals surface area contributed by atoms with E-state index in [4.69, 9.17) is 16.6 Å². The van der Waals surface area contributed by atoms with Gasteiger partial charge < -0.3 is 5.32 Å². The van der Waals surface area contributed by atoms with E-state index in [1.54, 1.807) is 0 Å². The van der Waals surface area contributed by atoms with Crippen molar-refractivity contribution in [3.05, 3.63) is 16.5 Å². The quantitative estimate of drug-likeness (QED) is 0.802. The normalized spacial score (nSPS) is 23.7. The van der Waals surface area contributed by atoms with Crippen molar-refractivity contribution >= 4 is 17.4 Å². The van der Waals surface area contributed by atoms with Crippen molar-refractivity contribution in [1.82, 2.24) is 9.97 Å². The lowest BCUT2D eigenvalue weighted by molar-refractivity contribution is 0.358. The molecule has 1 fully saturated rings. The number of nitrogens with one attached hydrogen (secondary N) is 1. The molecular weight excluding hydrogens is 270 g/mol. The minimum absolute atomic E-state index is 0.0897. The summed E-state index contributed by atoms with van der Waals surface area (Å²) < 4.78 is 0. The first-order chi connectivity index (χ1) is 9.27. The van der Waals surface area contributed by atoms with E-state index in [2.05, 4.69) is 38.0 Å². The maximum absolute atomic E-state index is 6.28. The number of rotatable bonds is 2. The third kappa shape index (κ3) is 3.63. The van der Waals surface area contributed by atoms with Crippen molar-refractivity contribution in [3.8, 4) is 0 Å². The summed E-state index contributed by atoms with van der Waals surface area (Å²) in [6.07, 6.45) is 5.07. The first-order valence-electron chi connectivity index (χ1n) is 7.58. The lowest BCUT2D eigenvalue weighted by Crippen LogP contribution is -2.28. The first-order valence-corrected chi connectivity index (χ1v) is 7.96. The van der Waals surface area contributed by atoms with Gasteiger partial charge in [-0.15, -0.1) is 0 Å². The summed E-state index contributed by atoms with van der Waals surface area (Å²) in [5.41, 5.74) is 0.867. The summed E-state index contributed by atoms with van der Waals surface area (Å²) in [7, 11) is 0. The molecule has 1 aliphatic carbocycles. The topological polar surface area (TPSA) is 37.8 Å². The molecule has 0 amide bonds. The van der Waals surface area contributed by atoms with Crippen molar-refractivity contribution < 1.29 is 0 Å². The Kier molecular flexibility index (Phi) is 4.58. The van der Waals surface area contributed by atoms with E-state index in [1.165, 1.54) is 25.7 Å². The molecule has 112 valence electrons. The Bertz CT molecular complexity index is 479. The van der Waals surface area contributed by atoms with Gasteiger partial charge >= 0.3 is 0 Å². The highest BCUT2D eigenvalue weighted by Crippen LogP contribution is 2.30. The van der Waals surface area contributed by atoms with Crippen LogP contribution in [0.4, 0.5) is 5.82 Å². The van der Waals surface area contributed by atoms with Crippen LogP contribution in [-0.4, -0.2) is 16.0 Å². The van der Waals surface area contributed by atoms with Crippen molar-refractivity contribution in [2.75, 3.05) is 5.32 Å². The van der Waals surface area contributed by atoms with Crippen LogP contribution in [0.3, 0.4) is 0 Å². The number of nitrogens with zero attached hydrogens (tertiary/aromatic N) is 2. The van der Waals surface area contributed by atoms with Crippen LogP contribution in [-0.2, 0) is 5.41 Å². The van der Waals surface area contributed by atoms with E-state index < -0.39 is 0 Å². The van der Waals surface area contributed by atoms with Gasteiger partial charge in [-0.2, -0.15) is 0 Å². The monoisotopic (exact) mass is 295 g/mol. The van der Waals surface area contributed by atoms with E-state index in [0.717, 1.165) is 23.1 Å². The largest absolute Gasteiger partial charge is 0.367 e. The summed E-state index contributed by atoms with van der Waals surface area (Å²) in [5, 5.41) is 4.16. The molecule has 2 rings (SSSR count). The number of aromatic nitrogens is 2. The average molecular weight is 296 g/mol. The molecule has 1 aromatic heterocycles. The zero-order valence-corrected chi connectivity index (χ0v) is 14.0. The van der Waals surface area contributed by atoms with E-state index in [0.29, 0.717) is 11.2 Å². The number of hydrogen-bond acceptors (Lipinski definition) is 3. The molecule has 0 radical (unpaired) electrons. The molecule has 2 atom stereocenters. The molecule has 1 heterocycles. The first kappa shape index (κ1) is 15.6. The molecule has 0 spiro atoms. The minimum atomic E-state index is -0.0897. The molecule has 0 saturated heterocycles. The maximum atomic E-state index is 6.28. The van der Waals surface area contributed by atoms with Gasteiger partial charge in [0, 0.05) is 17.0 Å². The Morgan fingerprint density at radius 3 is 2.50 bits per heavy atom. The summed E-state index contributed by atoms with van der Waals surface area (Å²) in [4.78, 5) is 9.14. The van der Waals surface area contributed by atoms with Crippen LogP contribution >= 0.6 is 11.6 Å². The van der Waals surface area contributed by atoms with E-state index in [1.807, 2.05) is 6.92 Å². The molecule has 1 saturated carbocycles. The van der Waals surface area contributed by atoms with Crippen LogP contribution in [0, 0.1) is 12.8 Å². The zero-order chi connectivity index (χ0) is 14.9. The molecule has 1 aliphatic rings. The molecule has 0 aliphatic heterocycles. The second kappa shape index (κ2) is 5.88. The third-order valence-corrected chi connectivity index (χ3v) is 4.40. The summed E-state index contributed by atoms with van der Waals surface area (Å²) in [5.74, 6) is 2.51. The van der Waals surface area contributed by atoms with Crippen LogP contribution in [0.1, 0.15) is 64.8 Å². The van der Waals surface area contributed by atoms with Gasteiger partial charge in [-0.1, -0.05) is 52.1 Å². The van der Waals surface area contributed by atoms with Crippen LogP contribution < -0.4 is 5.32 Å². The van der Waals surface area contributed by atoms with Gasteiger partial charge in [0.05, 0.1) is 0 Å². The van der Waals surface area contributed by atoms with E-state index in [-0.39, 0.29) is 5.41 Å². The zero-order valence-electron chi connectivity index (χ0n) is 13.3. The van der Waals surface area contributed by atoms with Gasteiger partial charge in [-0.3, -0.25) is 0 Å². The molecule has 20 heavy (non-hydrogen) atoms. The Labute approximate surface area is 127 Å². The lowest BCUT2D eigenvalue weighted by atomic mass is 9.87. The number of anilines is 1. The predicted octanol–water partition coefficient (Wildman–Crippen LogP) is 4.73. The Balaban J connectivity index is 2.24. The fraction of sp³-hybridized carbons (Fsp3) is 0.750. The fourth-order valence-corrected chi connectivity index (χ4v) is 2.89. The summed E-state index contributed by atoms with van der Waals surface area (Å²) in [6.45, 7) is 10.7. The van der Waals surface area contributed by atoms with Crippen molar-refractivity contribution in [1.29, 1.82) is 0 Å². The average Bonchev–Trinajstić information content (AvgIpc) is 2.33. The highest BCUT2D eigenvalue weighted by atomic mass is 35.5. The van der Waals surface area contributed by atoms with Crippen molar-refractivity contribution in [2.24, 2.45) is 5.92 Å². The highest BCUT2D eigenvalue weighted by molar-refractivity contribution is 6.30. The van der Waals surface area contributed by atoms with Gasteiger partial charge in [0.25, 0.3) is 0 Å². The molecule has 1 N–H and O–H groups in total. The molecule has 0 bridgehead atoms. The SMILES string of the molecule is Cc1c(Cl)nc(C(C)(C)C)nc1NC1CCCC(C)C1. The van der Waals surface area contributed by atoms with E-state index >= 15 is 0 Å². The minimum Gasteiger partial charge on any atom is -0.367 e. The Hall–Kier alpha value is -0.830. The maximum Gasteiger partial charge on any atom is 0.137 e. The van der Waals surface area contributed by atoms with Gasteiger partial charge in [-0.25, -0.2) is 9.97 Å². The van der Waals surface area contributed by atoms with Crippen LogP contribution in [0.2, 0.25) is 5.15 Å². The molecule has 2 unspecified atom stereocenters. The molecule has 0 aromatic carbocycles. The summed E-state index contributed by atoms with van der Waals surface area (Å²) >= 11 is 6.28. The third-order valence-electron chi connectivity index (χ3n) is 4.03. The van der Waals surface area contributed by atoms with Crippen LogP contribution in [0.15, 0.2) is 0 Å².